The Labute approximate surface area is 759 Å². The molecule has 6 heteroatoms. The number of carbonyl (C=O) groups excluding carboxylic acids is 1. The Morgan fingerprint density at radius 3 is 0.800 bits per heavy atom. The van der Waals surface area contributed by atoms with E-state index in [9.17, 15) is 4.79 Å². The molecule has 0 aliphatic rings. The first-order valence-electron chi connectivity index (χ1n) is 41.4. The van der Waals surface area contributed by atoms with Crippen molar-refractivity contribution < 1.29 is 23.1 Å². The monoisotopic (exact) mass is 1680 g/mol. The maximum atomic E-state index is 11.5. The SMILES string of the molecule is C.C.C.C.C.C.C.C.C.CC(C)(C)C.CC(C)(C)C.CC(C)(C)C#CC#CC(C)(C)C.CC(C)(C)C#CC(C)(C)C.CC(C)(C)C(=O)C(C)(C)C.CC(C)(C)CCC(C)(C)C.CC(C)(C)c1ccc(C(C)(C)C)o1.CC(C)(C)c1cnc(C(C)(C)C)o1.CC(C)Oc1cccc(C(C)C)c1.CC(C)c1ccc(OC(C)(C)C)cc1.c1ccccc1. The first kappa shape index (κ1) is 149. The molecule has 0 saturated heterocycles. The Morgan fingerprint density at radius 2 is 0.617 bits per heavy atom. The summed E-state index contributed by atoms with van der Waals surface area (Å²) in [6, 6.07) is 32.8. The number of Topliss-reactive ketones (excluding diaryl/α,β-unsaturated/α-hetero) is 1. The van der Waals surface area contributed by atoms with Crippen LogP contribution in [0.25, 0.3) is 0 Å². The zero-order valence-corrected chi connectivity index (χ0v) is 83.4. The molecular weight excluding hydrogens is 1460 g/mol. The second-order valence-electron chi connectivity index (χ2n) is 47.4. The van der Waals surface area contributed by atoms with Crippen molar-refractivity contribution in [3.8, 4) is 47.0 Å². The quantitative estimate of drug-likeness (QED) is 0.158. The second kappa shape index (κ2) is 63.1. The van der Waals surface area contributed by atoms with Crippen LogP contribution in [-0.4, -0.2) is 22.5 Å². The molecule has 0 atom stereocenters. The summed E-state index contributed by atoms with van der Waals surface area (Å²) in [4.78, 5) is 15.8. The number of nitrogens with zero attached hydrogens (tertiary/aromatic N) is 1. The van der Waals surface area contributed by atoms with Crippen molar-refractivity contribution >= 4 is 5.78 Å². The van der Waals surface area contributed by atoms with Crippen molar-refractivity contribution in [1.29, 1.82) is 0 Å². The van der Waals surface area contributed by atoms with Gasteiger partial charge in [-0.2, -0.15) is 0 Å². The van der Waals surface area contributed by atoms with Crippen LogP contribution in [-0.2, 0) is 26.5 Å². The van der Waals surface area contributed by atoms with Gasteiger partial charge in [0.05, 0.1) is 12.3 Å². The van der Waals surface area contributed by atoms with Crippen molar-refractivity contribution in [3.05, 3.63) is 138 Å². The largest absolute Gasteiger partial charge is 0.491 e. The summed E-state index contributed by atoms with van der Waals surface area (Å²) in [6.07, 6.45) is 4.75. The van der Waals surface area contributed by atoms with E-state index in [1.165, 1.54) is 24.0 Å². The van der Waals surface area contributed by atoms with Crippen LogP contribution in [0.1, 0.15) is 493 Å². The van der Waals surface area contributed by atoms with Gasteiger partial charge < -0.3 is 18.3 Å². The van der Waals surface area contributed by atoms with Crippen molar-refractivity contribution in [1.82, 2.24) is 4.98 Å². The summed E-state index contributed by atoms with van der Waals surface area (Å²) in [7, 11) is 0. The highest BCUT2D eigenvalue weighted by molar-refractivity contribution is 5.88. The van der Waals surface area contributed by atoms with E-state index in [0.717, 1.165) is 34.7 Å². The van der Waals surface area contributed by atoms with Gasteiger partial charge in [0.2, 0.25) is 0 Å². The number of carbonyl (C=O) groups is 1. The molecule has 0 spiro atoms. The molecule has 0 unspecified atom stereocenters. The summed E-state index contributed by atoms with van der Waals surface area (Å²) in [5, 5.41) is 0. The molecule has 2 aromatic heterocycles. The van der Waals surface area contributed by atoms with Gasteiger partial charge in [0.1, 0.15) is 40.2 Å². The Kier molecular flexibility index (Phi) is 78.1. The van der Waals surface area contributed by atoms with Crippen LogP contribution in [0.15, 0.2) is 112 Å². The van der Waals surface area contributed by atoms with E-state index in [4.69, 9.17) is 18.3 Å². The third kappa shape index (κ3) is 106. The van der Waals surface area contributed by atoms with Gasteiger partial charge in [0.25, 0.3) is 0 Å². The number of hydrogen-bond acceptors (Lipinski definition) is 6. The van der Waals surface area contributed by atoms with Crippen LogP contribution in [0.5, 0.6) is 11.5 Å². The molecule has 0 aliphatic carbocycles. The van der Waals surface area contributed by atoms with Crippen LogP contribution in [0, 0.1) is 89.7 Å². The lowest BCUT2D eigenvalue weighted by molar-refractivity contribution is -0.134. The molecule has 0 N–H and O–H groups in total. The standard InChI is InChI=1S/C13H20O.C12H20O.C12H18O.C12H18.C11H19NO.C10H22.C10H18.C9H18O.C6H6.2C5H12.9CH4/c1-10(2)11-6-8-12(9-7-11)14-13(3,4)5;1-11(2,3)9-7-8-10(13-9)12(4,5)6;1-9(2)11-6-5-7-12(8-11)13-10(3)4;1-11(2,3)9-7-8-10-12(4,5)6;1-10(2,3)8-7-12-9(13-8)11(4,5)6;2*1-9(2,3)7-8-10(4,5)6;1-8(2,3)7(10)9(4,5)6;1-2-4-6-5-3-1;2*1-5(2,3)4;;;;;;;;;/h6-10H,1-5H3;7-8H,1-6H3;5-10H,1-4H3;1-6H3;7H,1-6H3;7-8H2,1-6H3;2*1-6H3;1-6H;2*1-4H3;9*1H4. The van der Waals surface area contributed by atoms with Gasteiger partial charge in [0, 0.05) is 54.1 Å². The van der Waals surface area contributed by atoms with E-state index in [-0.39, 0.29) is 133 Å². The van der Waals surface area contributed by atoms with Crippen LogP contribution in [0.4, 0.5) is 0 Å². The number of hydrogen-bond donors (Lipinski definition) is 0. The maximum absolute atomic E-state index is 11.5. The van der Waals surface area contributed by atoms with E-state index in [1.54, 1.807) is 0 Å². The lowest BCUT2D eigenvalue weighted by Gasteiger charge is -2.26. The van der Waals surface area contributed by atoms with E-state index < -0.39 is 0 Å². The van der Waals surface area contributed by atoms with Gasteiger partial charge >= 0.3 is 0 Å². The van der Waals surface area contributed by atoms with Gasteiger partial charge in [-0.25, -0.2) is 4.98 Å². The van der Waals surface area contributed by atoms with Crippen LogP contribution in [0.2, 0.25) is 0 Å². The third-order valence-corrected chi connectivity index (χ3v) is 13.2. The summed E-state index contributed by atoms with van der Waals surface area (Å²) < 4.78 is 22.9. The number of ketones is 1. The predicted molar refractivity (Wildman–Crippen MR) is 558 cm³/mol. The minimum absolute atomic E-state index is 0. The van der Waals surface area contributed by atoms with Crippen molar-refractivity contribution in [3.63, 3.8) is 0 Å². The molecule has 5 aromatic rings. The maximum Gasteiger partial charge on any atom is 0.199 e. The van der Waals surface area contributed by atoms with Crippen LogP contribution < -0.4 is 9.47 Å². The molecule has 0 radical (unpaired) electrons. The molecule has 5 rings (SSSR count). The lowest BCUT2D eigenvalue weighted by Crippen LogP contribution is -2.32. The highest BCUT2D eigenvalue weighted by atomic mass is 16.5. The number of oxazole rings is 1. The van der Waals surface area contributed by atoms with Crippen molar-refractivity contribution in [2.24, 2.45) is 54.1 Å². The van der Waals surface area contributed by atoms with Crippen LogP contribution >= 0.6 is 0 Å². The molecule has 0 aliphatic heterocycles. The predicted octanol–water partition coefficient (Wildman–Crippen LogP) is 38.9. The number of aromatic nitrogens is 1. The molecule has 0 amide bonds. The molecule has 0 bridgehead atoms. The smallest absolute Gasteiger partial charge is 0.199 e. The summed E-state index contributed by atoms with van der Waals surface area (Å²) in [5.41, 5.74) is 4.90. The van der Waals surface area contributed by atoms with E-state index in [2.05, 4.69) is 388 Å². The number of furan rings is 1. The molecule has 120 heavy (non-hydrogen) atoms. The fourth-order valence-electron chi connectivity index (χ4n) is 7.68. The molecule has 710 valence electrons. The Morgan fingerprint density at radius 1 is 0.333 bits per heavy atom. The fraction of sp³-hybridized carbons (Fsp3) is 0.719. The summed E-state index contributed by atoms with van der Waals surface area (Å²) in [5.74, 6) is 25.6. The topological polar surface area (TPSA) is 74.7 Å². The Bertz CT molecular complexity index is 3160. The minimum atomic E-state index is -0.196. The summed E-state index contributed by atoms with van der Waals surface area (Å²) >= 11 is 0. The van der Waals surface area contributed by atoms with Crippen molar-refractivity contribution in [2.45, 2.75) is 492 Å². The van der Waals surface area contributed by atoms with Crippen LogP contribution in [0.3, 0.4) is 0 Å². The van der Waals surface area contributed by atoms with Gasteiger partial charge in [-0.3, -0.25) is 4.79 Å². The molecule has 0 fully saturated rings. The lowest BCUT2D eigenvalue weighted by atomic mass is 9.76. The number of benzene rings is 3. The Hall–Kier alpha value is -5.90. The molecule has 6 nitrogen and oxygen atoms in total. The zero-order valence-electron chi connectivity index (χ0n) is 83.4. The number of rotatable bonds is 6. The fourth-order valence-corrected chi connectivity index (χ4v) is 7.68. The molecule has 3 aromatic carbocycles. The summed E-state index contributed by atoms with van der Waals surface area (Å²) in [6.45, 7) is 113. The van der Waals surface area contributed by atoms with Gasteiger partial charge in [0.15, 0.2) is 5.89 Å². The minimum Gasteiger partial charge on any atom is -0.491 e. The van der Waals surface area contributed by atoms with Gasteiger partial charge in [-0.15, -0.1) is 0 Å². The first-order valence-corrected chi connectivity index (χ1v) is 41.4. The van der Waals surface area contributed by atoms with E-state index in [1.807, 2.05) is 122 Å². The zero-order chi connectivity index (χ0) is 89.6. The van der Waals surface area contributed by atoms with Crippen molar-refractivity contribution in [2.75, 3.05) is 0 Å². The molecule has 0 saturated carbocycles. The van der Waals surface area contributed by atoms with Gasteiger partial charge in [-0.1, -0.05) is 400 Å². The highest BCUT2D eigenvalue weighted by Crippen LogP contribution is 2.33. The average Bonchev–Trinajstić information content (AvgIpc) is 1.71. The molecular formula is C114H219NO5. The average molecular weight is 1680 g/mol. The Balaban J connectivity index is -0.0000000780. The third-order valence-electron chi connectivity index (χ3n) is 13.2. The molecule has 2 heterocycles. The number of ether oxygens (including phenoxy) is 2. The first-order chi connectivity index (χ1) is 48.7. The highest BCUT2D eigenvalue weighted by Gasteiger charge is 2.32. The van der Waals surface area contributed by atoms with E-state index in [0.29, 0.717) is 39.3 Å². The van der Waals surface area contributed by atoms with Gasteiger partial charge in [-0.05, 0) is 223 Å². The normalized spacial score (nSPS) is 11.2. The van der Waals surface area contributed by atoms with E-state index >= 15 is 0 Å². The second-order valence-corrected chi connectivity index (χ2v) is 47.4.